The number of hydrogen-bond donors (Lipinski definition) is 1. The number of nitrogens with two attached hydrogens (primary N) is 1. The van der Waals surface area contributed by atoms with E-state index < -0.39 is 10.8 Å². The Morgan fingerprint density at radius 1 is 1.26 bits per heavy atom. The Morgan fingerprint density at radius 3 is 2.61 bits per heavy atom. The van der Waals surface area contributed by atoms with E-state index in [0.717, 1.165) is 28.4 Å². The zero-order chi connectivity index (χ0) is 22.1. The van der Waals surface area contributed by atoms with Crippen LogP contribution >= 0.6 is 38.6 Å². The van der Waals surface area contributed by atoms with Gasteiger partial charge in [-0.1, -0.05) is 41.4 Å². The lowest BCUT2D eigenvalue weighted by Crippen LogP contribution is -2.04. The molecule has 5 nitrogen and oxygen atoms in total. The van der Waals surface area contributed by atoms with Crippen molar-refractivity contribution in [2.45, 2.75) is 30.9 Å². The zero-order valence-corrected chi connectivity index (χ0v) is 21.0. The molecule has 0 saturated carbocycles. The number of rotatable bonds is 7. The molecule has 4 rings (SSSR count). The predicted molar refractivity (Wildman–Crippen MR) is 134 cm³/mol. The molecule has 0 spiro atoms. The number of unbranched alkanes of at least 4 members (excludes halogenated alkanes) is 1. The van der Waals surface area contributed by atoms with Gasteiger partial charge in [-0.25, -0.2) is 9.97 Å². The number of thiophene rings is 1. The number of carbonyl (C=O) groups excluding carboxylic acids is 1. The molecule has 4 aromatic rings. The Morgan fingerprint density at radius 2 is 2.00 bits per heavy atom. The molecule has 0 aliphatic rings. The molecule has 9 heteroatoms. The standard InChI is InChI=1S/C22H20BrN3O2S3/c1-3-4-11-31(28)22-18(24)17-16(13-5-7-14(23)8-6-13)15(12(2)27)19(26-20(17)30-22)21-25-9-10-29-21/h5-10H,3-4,11,24H2,1-2H3. The molecule has 0 radical (unpaired) electrons. The van der Waals surface area contributed by atoms with Crippen molar-refractivity contribution < 1.29 is 9.00 Å². The van der Waals surface area contributed by atoms with Gasteiger partial charge in [-0.15, -0.1) is 22.7 Å². The largest absolute Gasteiger partial charge is 0.396 e. The second-order valence-corrected chi connectivity index (χ2v) is 11.6. The molecule has 0 aliphatic heterocycles. The van der Waals surface area contributed by atoms with E-state index in [4.69, 9.17) is 10.7 Å². The monoisotopic (exact) mass is 533 g/mol. The first kappa shape index (κ1) is 22.3. The Labute approximate surface area is 199 Å². The van der Waals surface area contributed by atoms with Gasteiger partial charge in [-0.2, -0.15) is 0 Å². The number of aromatic nitrogens is 2. The molecule has 0 fully saturated rings. The number of benzene rings is 1. The summed E-state index contributed by atoms with van der Waals surface area (Å²) < 4.78 is 14.5. The van der Waals surface area contributed by atoms with E-state index in [9.17, 15) is 9.00 Å². The molecule has 0 bridgehead atoms. The second-order valence-electron chi connectivity index (χ2n) is 7.00. The first-order chi connectivity index (χ1) is 14.9. The lowest BCUT2D eigenvalue weighted by molar-refractivity contribution is 0.101. The number of nitrogen functional groups attached to an aromatic ring is 1. The SMILES string of the molecule is CCCCS(=O)c1sc2nc(-c3nccs3)c(C(C)=O)c(-c3ccc(Br)cc3)c2c1N. The lowest BCUT2D eigenvalue weighted by atomic mass is 9.93. The molecule has 31 heavy (non-hydrogen) atoms. The summed E-state index contributed by atoms with van der Waals surface area (Å²) in [4.78, 5) is 22.8. The Balaban J connectivity index is 2.09. The van der Waals surface area contributed by atoms with Crippen LogP contribution in [0.4, 0.5) is 5.69 Å². The summed E-state index contributed by atoms with van der Waals surface area (Å²) in [5.41, 5.74) is 9.62. The number of fused-ring (bicyclic) bond motifs is 1. The summed E-state index contributed by atoms with van der Waals surface area (Å²) >= 11 is 6.25. The topological polar surface area (TPSA) is 85.9 Å². The van der Waals surface area contributed by atoms with Gasteiger partial charge in [0.2, 0.25) is 0 Å². The zero-order valence-electron chi connectivity index (χ0n) is 17.0. The maximum Gasteiger partial charge on any atom is 0.162 e. The molecule has 0 amide bonds. The normalized spacial score (nSPS) is 12.4. The highest BCUT2D eigenvalue weighted by atomic mass is 79.9. The van der Waals surface area contributed by atoms with Crippen molar-refractivity contribution in [2.75, 3.05) is 11.5 Å². The fourth-order valence-corrected chi connectivity index (χ4v) is 7.09. The van der Waals surface area contributed by atoms with Gasteiger partial charge >= 0.3 is 0 Å². The third kappa shape index (κ3) is 4.24. The second kappa shape index (κ2) is 9.28. The van der Waals surface area contributed by atoms with Crippen molar-refractivity contribution in [3.05, 3.63) is 45.9 Å². The molecule has 3 aromatic heterocycles. The third-order valence-electron chi connectivity index (χ3n) is 4.85. The van der Waals surface area contributed by atoms with Crippen LogP contribution in [0.15, 0.2) is 44.5 Å². The van der Waals surface area contributed by atoms with Gasteiger partial charge in [-0.3, -0.25) is 9.00 Å². The van der Waals surface area contributed by atoms with Crippen molar-refractivity contribution in [2.24, 2.45) is 0 Å². The highest BCUT2D eigenvalue weighted by Gasteiger charge is 2.27. The molecular formula is C22H20BrN3O2S3. The van der Waals surface area contributed by atoms with Gasteiger partial charge in [0.1, 0.15) is 19.7 Å². The molecule has 1 atom stereocenters. The van der Waals surface area contributed by atoms with Gasteiger partial charge < -0.3 is 5.73 Å². The number of ketones is 1. The lowest BCUT2D eigenvalue weighted by Gasteiger charge is -2.14. The van der Waals surface area contributed by atoms with E-state index in [1.807, 2.05) is 29.6 Å². The molecule has 1 unspecified atom stereocenters. The predicted octanol–water partition coefficient (Wildman–Crippen LogP) is 6.54. The molecule has 160 valence electrons. The van der Waals surface area contributed by atoms with E-state index in [1.165, 1.54) is 29.6 Å². The maximum atomic E-state index is 12.9. The van der Waals surface area contributed by atoms with E-state index in [-0.39, 0.29) is 5.78 Å². The smallest absolute Gasteiger partial charge is 0.162 e. The van der Waals surface area contributed by atoms with Crippen LogP contribution in [0.1, 0.15) is 37.0 Å². The Kier molecular flexibility index (Phi) is 6.66. The Hall–Kier alpha value is -1.94. The van der Waals surface area contributed by atoms with Crippen LogP contribution < -0.4 is 5.73 Å². The van der Waals surface area contributed by atoms with Crippen molar-refractivity contribution in [1.82, 2.24) is 9.97 Å². The molecule has 1 aromatic carbocycles. The highest BCUT2D eigenvalue weighted by Crippen LogP contribution is 2.45. The van der Waals surface area contributed by atoms with E-state index >= 15 is 0 Å². The van der Waals surface area contributed by atoms with Crippen LogP contribution in [0.25, 0.3) is 32.0 Å². The molecular weight excluding hydrogens is 514 g/mol. The third-order valence-corrected chi connectivity index (χ3v) is 9.16. The van der Waals surface area contributed by atoms with Crippen molar-refractivity contribution in [1.29, 1.82) is 0 Å². The number of pyridine rings is 1. The highest BCUT2D eigenvalue weighted by molar-refractivity contribution is 9.10. The van der Waals surface area contributed by atoms with Gasteiger partial charge in [0.25, 0.3) is 0 Å². The van der Waals surface area contributed by atoms with E-state index in [2.05, 4.69) is 27.8 Å². The van der Waals surface area contributed by atoms with Crippen LogP contribution in [0.3, 0.4) is 0 Å². The van der Waals surface area contributed by atoms with Gasteiger partial charge in [0.15, 0.2) is 5.78 Å². The fraction of sp³-hybridized carbons (Fsp3) is 0.227. The Bertz CT molecular complexity index is 1280. The summed E-state index contributed by atoms with van der Waals surface area (Å²) in [6, 6.07) is 7.75. The van der Waals surface area contributed by atoms with Crippen LogP contribution in [-0.4, -0.2) is 25.7 Å². The number of carbonyl (C=O) groups is 1. The first-order valence-electron chi connectivity index (χ1n) is 9.73. The summed E-state index contributed by atoms with van der Waals surface area (Å²) in [6.07, 6.45) is 3.51. The maximum absolute atomic E-state index is 12.9. The van der Waals surface area contributed by atoms with Crippen LogP contribution in [-0.2, 0) is 10.8 Å². The van der Waals surface area contributed by atoms with Crippen LogP contribution in [0.2, 0.25) is 0 Å². The van der Waals surface area contributed by atoms with Crippen LogP contribution in [0.5, 0.6) is 0 Å². The van der Waals surface area contributed by atoms with Crippen molar-refractivity contribution >= 4 is 71.1 Å². The molecule has 2 N–H and O–H groups in total. The van der Waals surface area contributed by atoms with E-state index in [1.54, 1.807) is 6.20 Å². The van der Waals surface area contributed by atoms with Crippen molar-refractivity contribution in [3.63, 3.8) is 0 Å². The fourth-order valence-electron chi connectivity index (χ4n) is 3.41. The van der Waals surface area contributed by atoms with Gasteiger partial charge in [-0.05, 0) is 31.0 Å². The number of anilines is 1. The number of Topliss-reactive ketones (excluding diaryl/α,β-unsaturated/α-hetero) is 1. The van der Waals surface area contributed by atoms with Gasteiger partial charge in [0, 0.05) is 32.8 Å². The summed E-state index contributed by atoms with van der Waals surface area (Å²) in [7, 11) is -1.21. The van der Waals surface area contributed by atoms with Crippen LogP contribution in [0, 0.1) is 0 Å². The minimum Gasteiger partial charge on any atom is -0.396 e. The quantitative estimate of drug-likeness (QED) is 0.272. The van der Waals surface area contributed by atoms with Gasteiger partial charge in [0.05, 0.1) is 22.1 Å². The number of thiazole rings is 1. The first-order valence-corrected chi connectivity index (χ1v) is 13.5. The minimum absolute atomic E-state index is 0.114. The average molecular weight is 535 g/mol. The summed E-state index contributed by atoms with van der Waals surface area (Å²) in [6.45, 7) is 3.60. The number of nitrogens with zero attached hydrogens (tertiary/aromatic N) is 2. The average Bonchev–Trinajstić information content (AvgIpc) is 3.40. The summed E-state index contributed by atoms with van der Waals surface area (Å²) in [5.74, 6) is 0.441. The molecule has 0 saturated heterocycles. The molecule has 0 aliphatic carbocycles. The number of hydrogen-bond acceptors (Lipinski definition) is 7. The summed E-state index contributed by atoms with van der Waals surface area (Å²) in [5, 5.41) is 3.22. The minimum atomic E-state index is -1.21. The van der Waals surface area contributed by atoms with E-state index in [0.29, 0.717) is 42.1 Å². The number of halogens is 1. The van der Waals surface area contributed by atoms with Crippen molar-refractivity contribution in [3.8, 4) is 21.8 Å². The molecule has 3 heterocycles.